The van der Waals surface area contributed by atoms with Crippen LogP contribution in [-0.4, -0.2) is 57.8 Å². The van der Waals surface area contributed by atoms with Crippen LogP contribution in [-0.2, 0) is 32.6 Å². The predicted molar refractivity (Wildman–Crippen MR) is 127 cm³/mol. The summed E-state index contributed by atoms with van der Waals surface area (Å²) in [6.07, 6.45) is 1.50. The van der Waals surface area contributed by atoms with Crippen LogP contribution in [0.5, 0.6) is 0 Å². The van der Waals surface area contributed by atoms with Crippen molar-refractivity contribution in [3.63, 3.8) is 0 Å². The Morgan fingerprint density at radius 3 is 2.47 bits per heavy atom. The van der Waals surface area contributed by atoms with E-state index in [9.17, 15) is 13.2 Å². The molecule has 32 heavy (non-hydrogen) atoms. The number of ether oxygens (including phenoxy) is 1. The smallest absolute Gasteiger partial charge is 0.244 e. The highest BCUT2D eigenvalue weighted by Gasteiger charge is 2.31. The van der Waals surface area contributed by atoms with Gasteiger partial charge in [-0.2, -0.15) is 0 Å². The second kappa shape index (κ2) is 10.9. The van der Waals surface area contributed by atoms with Crippen LogP contribution in [0.4, 0.5) is 5.69 Å². The van der Waals surface area contributed by atoms with Crippen molar-refractivity contribution in [3.8, 4) is 0 Å². The van der Waals surface area contributed by atoms with Gasteiger partial charge in [0.15, 0.2) is 0 Å². The Hall–Kier alpha value is -2.42. The van der Waals surface area contributed by atoms with E-state index in [1.807, 2.05) is 32.0 Å². The molecule has 0 bridgehead atoms. The molecular formula is C24H33N3O4S. The molecule has 1 aliphatic heterocycles. The van der Waals surface area contributed by atoms with E-state index in [-0.39, 0.29) is 5.91 Å². The number of hydrogen-bond acceptors (Lipinski definition) is 5. The summed E-state index contributed by atoms with van der Waals surface area (Å²) in [5, 5.41) is 2.94. The van der Waals surface area contributed by atoms with Gasteiger partial charge >= 0.3 is 0 Å². The molecular weight excluding hydrogens is 426 g/mol. The number of amides is 1. The molecule has 1 atom stereocenters. The molecule has 0 radical (unpaired) electrons. The highest BCUT2D eigenvalue weighted by atomic mass is 32.2. The van der Waals surface area contributed by atoms with Crippen molar-refractivity contribution < 1.29 is 17.9 Å². The number of hydrogen-bond donors (Lipinski definition) is 1. The molecule has 0 unspecified atom stereocenters. The summed E-state index contributed by atoms with van der Waals surface area (Å²) < 4.78 is 31.8. The molecule has 8 heteroatoms. The fourth-order valence-corrected chi connectivity index (χ4v) is 5.19. The summed E-state index contributed by atoms with van der Waals surface area (Å²) in [5.74, 6) is -0.307. The second-order valence-corrected chi connectivity index (χ2v) is 10.1. The SMILES string of the molecule is CC[C@H](C(=O)NCc1cccc(CN2CCOCC2)c1)N(c1cccc(C)c1)S(C)(=O)=O. The molecule has 1 aliphatic rings. The zero-order chi connectivity index (χ0) is 23.1. The molecule has 1 saturated heterocycles. The summed E-state index contributed by atoms with van der Waals surface area (Å²) in [6.45, 7) is 8.25. The van der Waals surface area contributed by atoms with E-state index in [0.29, 0.717) is 18.7 Å². The maximum atomic E-state index is 13.1. The molecule has 1 heterocycles. The second-order valence-electron chi connectivity index (χ2n) is 8.25. The van der Waals surface area contributed by atoms with Gasteiger partial charge in [-0.15, -0.1) is 0 Å². The molecule has 0 aromatic heterocycles. The minimum absolute atomic E-state index is 0.307. The summed E-state index contributed by atoms with van der Waals surface area (Å²) in [7, 11) is -3.64. The predicted octanol–water partition coefficient (Wildman–Crippen LogP) is 2.69. The third kappa shape index (κ3) is 6.54. The Labute approximate surface area is 191 Å². The highest BCUT2D eigenvalue weighted by molar-refractivity contribution is 7.92. The van der Waals surface area contributed by atoms with Crippen LogP contribution in [0.15, 0.2) is 48.5 Å². The highest BCUT2D eigenvalue weighted by Crippen LogP contribution is 2.23. The average molecular weight is 460 g/mol. The number of aryl methyl sites for hydroxylation is 1. The van der Waals surface area contributed by atoms with Crippen molar-refractivity contribution in [2.45, 2.75) is 39.4 Å². The molecule has 2 aromatic carbocycles. The van der Waals surface area contributed by atoms with Crippen molar-refractivity contribution >= 4 is 21.6 Å². The lowest BCUT2D eigenvalue weighted by Crippen LogP contribution is -2.49. The van der Waals surface area contributed by atoms with Gasteiger partial charge in [-0.25, -0.2) is 8.42 Å². The Kier molecular flexibility index (Phi) is 8.28. The van der Waals surface area contributed by atoms with E-state index < -0.39 is 16.1 Å². The van der Waals surface area contributed by atoms with Crippen molar-refractivity contribution in [3.05, 3.63) is 65.2 Å². The lowest BCUT2D eigenvalue weighted by Gasteiger charge is -2.30. The Bertz CT molecular complexity index is 1020. The molecule has 1 amide bonds. The number of carbonyl (C=O) groups is 1. The van der Waals surface area contributed by atoms with Gasteiger partial charge in [0.05, 0.1) is 25.2 Å². The van der Waals surface area contributed by atoms with Crippen molar-refractivity contribution in [2.75, 3.05) is 36.9 Å². The van der Waals surface area contributed by atoms with Crippen LogP contribution in [0.1, 0.15) is 30.0 Å². The van der Waals surface area contributed by atoms with Crippen molar-refractivity contribution in [2.24, 2.45) is 0 Å². The van der Waals surface area contributed by atoms with Gasteiger partial charge in [0.1, 0.15) is 6.04 Å². The number of morpholine rings is 1. The first-order chi connectivity index (χ1) is 15.3. The fourth-order valence-electron chi connectivity index (χ4n) is 3.99. The minimum atomic E-state index is -3.64. The van der Waals surface area contributed by atoms with Crippen LogP contribution in [0, 0.1) is 6.92 Å². The number of nitrogens with zero attached hydrogens (tertiary/aromatic N) is 2. The van der Waals surface area contributed by atoms with Gasteiger partial charge in [-0.05, 0) is 42.2 Å². The number of carbonyl (C=O) groups excluding carboxylic acids is 1. The Morgan fingerprint density at radius 2 is 1.81 bits per heavy atom. The summed E-state index contributed by atoms with van der Waals surface area (Å²) >= 11 is 0. The van der Waals surface area contributed by atoms with Gasteiger partial charge in [0.25, 0.3) is 0 Å². The fraction of sp³-hybridized carbons (Fsp3) is 0.458. The standard InChI is InChI=1S/C24H33N3O4S/c1-4-23(27(32(3,29)30)22-10-5-7-19(2)15-22)24(28)25-17-20-8-6-9-21(16-20)18-26-11-13-31-14-12-26/h5-10,15-16,23H,4,11-14,17-18H2,1-3H3,(H,25,28)/t23-/m1/s1. The topological polar surface area (TPSA) is 79.0 Å². The van der Waals surface area contributed by atoms with Crippen molar-refractivity contribution in [1.82, 2.24) is 10.2 Å². The average Bonchev–Trinajstić information content (AvgIpc) is 2.76. The largest absolute Gasteiger partial charge is 0.379 e. The molecule has 7 nitrogen and oxygen atoms in total. The maximum Gasteiger partial charge on any atom is 0.244 e. The van der Waals surface area contributed by atoms with Crippen LogP contribution >= 0.6 is 0 Å². The van der Waals surface area contributed by atoms with E-state index in [1.165, 1.54) is 9.87 Å². The first-order valence-electron chi connectivity index (χ1n) is 11.0. The van der Waals surface area contributed by atoms with Crippen LogP contribution < -0.4 is 9.62 Å². The zero-order valence-corrected chi connectivity index (χ0v) is 19.9. The number of anilines is 1. The third-order valence-corrected chi connectivity index (χ3v) is 6.73. The minimum Gasteiger partial charge on any atom is -0.379 e. The zero-order valence-electron chi connectivity index (χ0n) is 19.1. The number of rotatable bonds is 9. The van der Waals surface area contributed by atoms with Gasteiger partial charge < -0.3 is 10.1 Å². The lowest BCUT2D eigenvalue weighted by atomic mass is 10.1. The summed E-state index contributed by atoms with van der Waals surface area (Å²) in [4.78, 5) is 15.4. The molecule has 0 aliphatic carbocycles. The Morgan fingerprint density at radius 1 is 1.12 bits per heavy atom. The van der Waals surface area contributed by atoms with E-state index in [0.717, 1.165) is 50.2 Å². The molecule has 1 N–H and O–H groups in total. The van der Waals surface area contributed by atoms with E-state index >= 15 is 0 Å². The molecule has 2 aromatic rings. The number of nitrogens with one attached hydrogen (secondary N) is 1. The van der Waals surface area contributed by atoms with Crippen LogP contribution in [0.25, 0.3) is 0 Å². The molecule has 0 saturated carbocycles. The summed E-state index contributed by atoms with van der Waals surface area (Å²) in [6, 6.07) is 14.5. The van der Waals surface area contributed by atoms with Gasteiger partial charge in [-0.1, -0.05) is 43.3 Å². The number of benzene rings is 2. The van der Waals surface area contributed by atoms with Gasteiger partial charge in [0.2, 0.25) is 15.9 Å². The molecule has 3 rings (SSSR count). The molecule has 174 valence electrons. The third-order valence-electron chi connectivity index (χ3n) is 5.55. The van der Waals surface area contributed by atoms with Gasteiger partial charge in [0, 0.05) is 26.2 Å². The molecule has 0 spiro atoms. The first kappa shape index (κ1) is 24.2. The van der Waals surface area contributed by atoms with Crippen LogP contribution in [0.3, 0.4) is 0 Å². The molecule has 1 fully saturated rings. The summed E-state index contributed by atoms with van der Waals surface area (Å²) in [5.41, 5.74) is 3.61. The number of sulfonamides is 1. The van der Waals surface area contributed by atoms with Crippen LogP contribution in [0.2, 0.25) is 0 Å². The van der Waals surface area contributed by atoms with E-state index in [1.54, 1.807) is 18.2 Å². The van der Waals surface area contributed by atoms with Gasteiger partial charge in [-0.3, -0.25) is 14.0 Å². The quantitative estimate of drug-likeness (QED) is 0.624. The Balaban J connectivity index is 1.70. The lowest BCUT2D eigenvalue weighted by molar-refractivity contribution is -0.122. The van der Waals surface area contributed by atoms with E-state index in [4.69, 9.17) is 4.74 Å². The van der Waals surface area contributed by atoms with E-state index in [2.05, 4.69) is 22.3 Å². The normalized spacial score (nSPS) is 15.8. The van der Waals surface area contributed by atoms with Crippen molar-refractivity contribution in [1.29, 1.82) is 0 Å². The maximum absolute atomic E-state index is 13.1. The monoisotopic (exact) mass is 459 g/mol. The first-order valence-corrected chi connectivity index (χ1v) is 12.8.